The van der Waals surface area contributed by atoms with E-state index < -0.39 is 0 Å². The van der Waals surface area contributed by atoms with Gasteiger partial charge in [0.2, 0.25) is 0 Å². The third-order valence-corrected chi connectivity index (χ3v) is 7.76. The van der Waals surface area contributed by atoms with Crippen LogP contribution in [-0.4, -0.2) is 14.4 Å². The Labute approximate surface area is 238 Å². The highest BCUT2D eigenvalue weighted by Crippen LogP contribution is 2.34. The standard InChI is InChI=1S/C38H25N3/c1-3-11-27(12-4-1)33-23-31(24-34(39-33)28-13-5-2-6-14-28)26-19-21-29(22-20-26)38-37-25-30-15-7-9-17-35(30)41(37)36-18-10-8-16-32(36)40-38/h1-25H. The quantitative estimate of drug-likeness (QED) is 0.230. The second-order valence-electron chi connectivity index (χ2n) is 10.3. The molecule has 3 heterocycles. The summed E-state index contributed by atoms with van der Waals surface area (Å²) in [7, 11) is 0. The van der Waals surface area contributed by atoms with E-state index in [1.54, 1.807) is 0 Å². The van der Waals surface area contributed by atoms with Crippen LogP contribution in [-0.2, 0) is 0 Å². The monoisotopic (exact) mass is 523 g/mol. The molecule has 192 valence electrons. The lowest BCUT2D eigenvalue weighted by atomic mass is 9.98. The summed E-state index contributed by atoms with van der Waals surface area (Å²) in [5, 5.41) is 1.21. The van der Waals surface area contributed by atoms with Gasteiger partial charge in [0.05, 0.1) is 39.1 Å². The minimum Gasteiger partial charge on any atom is -0.306 e. The lowest BCUT2D eigenvalue weighted by molar-refractivity contribution is 1.27. The molecule has 3 nitrogen and oxygen atoms in total. The van der Waals surface area contributed by atoms with E-state index in [2.05, 4.69) is 144 Å². The van der Waals surface area contributed by atoms with Crippen molar-refractivity contribution in [1.29, 1.82) is 0 Å². The molecular weight excluding hydrogens is 498 g/mol. The Morgan fingerprint density at radius 2 is 0.927 bits per heavy atom. The van der Waals surface area contributed by atoms with Crippen LogP contribution in [0, 0.1) is 0 Å². The molecular formula is C38H25N3. The summed E-state index contributed by atoms with van der Waals surface area (Å²) >= 11 is 0. The summed E-state index contributed by atoms with van der Waals surface area (Å²) in [6.45, 7) is 0. The zero-order valence-electron chi connectivity index (χ0n) is 22.3. The minimum atomic E-state index is 0.962. The summed E-state index contributed by atoms with van der Waals surface area (Å²) in [4.78, 5) is 10.2. The molecule has 0 saturated carbocycles. The van der Waals surface area contributed by atoms with Crippen LogP contribution in [0.5, 0.6) is 0 Å². The first-order chi connectivity index (χ1) is 20.3. The molecule has 8 rings (SSSR count). The van der Waals surface area contributed by atoms with Gasteiger partial charge in [-0.1, -0.05) is 115 Å². The fraction of sp³-hybridized carbons (Fsp3) is 0. The summed E-state index contributed by atoms with van der Waals surface area (Å²) in [5.41, 5.74) is 12.9. The van der Waals surface area contributed by atoms with Crippen molar-refractivity contribution in [1.82, 2.24) is 14.4 Å². The first-order valence-electron chi connectivity index (χ1n) is 13.8. The van der Waals surface area contributed by atoms with Gasteiger partial charge >= 0.3 is 0 Å². The predicted octanol–water partition coefficient (Wildman–Crippen LogP) is 9.70. The van der Waals surface area contributed by atoms with Gasteiger partial charge in [0.1, 0.15) is 0 Å². The Morgan fingerprint density at radius 1 is 0.366 bits per heavy atom. The molecule has 0 fully saturated rings. The Kier molecular flexibility index (Phi) is 5.46. The average molecular weight is 524 g/mol. The number of pyridine rings is 1. The molecule has 0 N–H and O–H groups in total. The molecule has 3 heteroatoms. The van der Waals surface area contributed by atoms with Crippen molar-refractivity contribution in [3.8, 4) is 44.9 Å². The van der Waals surface area contributed by atoms with Gasteiger partial charge < -0.3 is 4.40 Å². The van der Waals surface area contributed by atoms with E-state index in [9.17, 15) is 0 Å². The number of para-hydroxylation sites is 3. The minimum absolute atomic E-state index is 0.962. The Bertz CT molecular complexity index is 2120. The fourth-order valence-corrected chi connectivity index (χ4v) is 5.76. The Morgan fingerprint density at radius 3 is 1.61 bits per heavy atom. The second-order valence-corrected chi connectivity index (χ2v) is 10.3. The van der Waals surface area contributed by atoms with E-state index in [0.29, 0.717) is 0 Å². The van der Waals surface area contributed by atoms with E-state index in [1.165, 1.54) is 10.9 Å². The van der Waals surface area contributed by atoms with Crippen LogP contribution < -0.4 is 0 Å². The maximum Gasteiger partial charge on any atom is 0.0950 e. The molecule has 3 aromatic heterocycles. The van der Waals surface area contributed by atoms with E-state index in [0.717, 1.165) is 61.4 Å². The molecule has 0 aliphatic carbocycles. The van der Waals surface area contributed by atoms with Crippen LogP contribution in [0.15, 0.2) is 152 Å². The highest BCUT2D eigenvalue weighted by Gasteiger charge is 2.15. The van der Waals surface area contributed by atoms with Crippen LogP contribution in [0.4, 0.5) is 0 Å². The van der Waals surface area contributed by atoms with Gasteiger partial charge in [-0.15, -0.1) is 0 Å². The zero-order chi connectivity index (χ0) is 27.2. The number of benzene rings is 5. The summed E-state index contributed by atoms with van der Waals surface area (Å²) in [5.74, 6) is 0. The van der Waals surface area contributed by atoms with Gasteiger partial charge in [-0.05, 0) is 47.5 Å². The second kappa shape index (κ2) is 9.58. The molecule has 0 radical (unpaired) electrons. The molecule has 0 unspecified atom stereocenters. The Hall–Kier alpha value is -5.54. The summed E-state index contributed by atoms with van der Waals surface area (Å²) in [6.07, 6.45) is 0. The predicted molar refractivity (Wildman–Crippen MR) is 170 cm³/mol. The van der Waals surface area contributed by atoms with Crippen molar-refractivity contribution in [2.45, 2.75) is 0 Å². The molecule has 0 spiro atoms. The van der Waals surface area contributed by atoms with Crippen molar-refractivity contribution < 1.29 is 0 Å². The number of aromatic nitrogens is 3. The molecule has 0 atom stereocenters. The first-order valence-corrected chi connectivity index (χ1v) is 13.8. The number of hydrogen-bond acceptors (Lipinski definition) is 2. The summed E-state index contributed by atoms with van der Waals surface area (Å²) < 4.78 is 2.34. The topological polar surface area (TPSA) is 30.2 Å². The van der Waals surface area contributed by atoms with Crippen LogP contribution in [0.1, 0.15) is 0 Å². The van der Waals surface area contributed by atoms with Crippen LogP contribution >= 0.6 is 0 Å². The van der Waals surface area contributed by atoms with E-state index in [-0.39, 0.29) is 0 Å². The van der Waals surface area contributed by atoms with Gasteiger partial charge in [0.15, 0.2) is 0 Å². The first kappa shape index (κ1) is 23.4. The van der Waals surface area contributed by atoms with E-state index in [4.69, 9.17) is 9.97 Å². The lowest BCUT2D eigenvalue weighted by Gasteiger charge is -2.12. The van der Waals surface area contributed by atoms with Gasteiger partial charge in [-0.25, -0.2) is 9.97 Å². The largest absolute Gasteiger partial charge is 0.306 e. The normalized spacial score (nSPS) is 11.4. The van der Waals surface area contributed by atoms with Gasteiger partial charge in [0, 0.05) is 22.1 Å². The molecule has 8 aromatic rings. The maximum atomic E-state index is 5.15. The molecule has 0 amide bonds. The number of hydrogen-bond donors (Lipinski definition) is 0. The van der Waals surface area contributed by atoms with Crippen molar-refractivity contribution in [3.05, 3.63) is 152 Å². The molecule has 0 saturated heterocycles. The van der Waals surface area contributed by atoms with Crippen LogP contribution in [0.2, 0.25) is 0 Å². The average Bonchev–Trinajstić information content (AvgIpc) is 3.45. The van der Waals surface area contributed by atoms with Crippen molar-refractivity contribution >= 4 is 27.5 Å². The lowest BCUT2D eigenvalue weighted by Crippen LogP contribution is -1.95. The molecule has 41 heavy (non-hydrogen) atoms. The van der Waals surface area contributed by atoms with Crippen LogP contribution in [0.25, 0.3) is 72.4 Å². The van der Waals surface area contributed by atoms with E-state index in [1.807, 2.05) is 12.1 Å². The highest BCUT2D eigenvalue weighted by molar-refractivity contribution is 5.98. The molecule has 0 aliphatic heterocycles. The van der Waals surface area contributed by atoms with Crippen molar-refractivity contribution in [3.63, 3.8) is 0 Å². The molecule has 0 bridgehead atoms. The van der Waals surface area contributed by atoms with Gasteiger partial charge in [0.25, 0.3) is 0 Å². The molecule has 5 aromatic carbocycles. The van der Waals surface area contributed by atoms with Crippen molar-refractivity contribution in [2.24, 2.45) is 0 Å². The SMILES string of the molecule is c1ccc(-c2cc(-c3ccc(-c4nc5ccccc5n5c4cc4ccccc45)cc3)cc(-c3ccccc3)n2)cc1. The van der Waals surface area contributed by atoms with Crippen LogP contribution in [0.3, 0.4) is 0 Å². The smallest absolute Gasteiger partial charge is 0.0950 e. The number of fused-ring (bicyclic) bond motifs is 5. The molecule has 0 aliphatic rings. The zero-order valence-corrected chi connectivity index (χ0v) is 22.3. The fourth-order valence-electron chi connectivity index (χ4n) is 5.76. The highest BCUT2D eigenvalue weighted by atomic mass is 14.9. The van der Waals surface area contributed by atoms with Gasteiger partial charge in [-0.2, -0.15) is 0 Å². The Balaban J connectivity index is 1.28. The van der Waals surface area contributed by atoms with Crippen molar-refractivity contribution in [2.75, 3.05) is 0 Å². The number of rotatable bonds is 4. The third kappa shape index (κ3) is 4.07. The third-order valence-electron chi connectivity index (χ3n) is 7.76. The van der Waals surface area contributed by atoms with Gasteiger partial charge in [-0.3, -0.25) is 0 Å². The number of nitrogens with zero attached hydrogens (tertiary/aromatic N) is 3. The van der Waals surface area contributed by atoms with E-state index >= 15 is 0 Å². The maximum absolute atomic E-state index is 5.15. The summed E-state index contributed by atoms with van der Waals surface area (Å²) in [6, 6.07) is 53.1.